The Morgan fingerprint density at radius 3 is 3.00 bits per heavy atom. The van der Waals surface area contributed by atoms with Crippen molar-refractivity contribution in [3.05, 3.63) is 17.0 Å². The van der Waals surface area contributed by atoms with Crippen LogP contribution in [0.4, 0.5) is 5.82 Å². The van der Waals surface area contributed by atoms with Gasteiger partial charge in [-0.2, -0.15) is 0 Å². The van der Waals surface area contributed by atoms with Crippen molar-refractivity contribution >= 4 is 21.7 Å². The van der Waals surface area contributed by atoms with Gasteiger partial charge in [0.1, 0.15) is 16.7 Å². The van der Waals surface area contributed by atoms with Crippen LogP contribution in [0.5, 0.6) is 0 Å². The molecule has 1 heterocycles. The summed E-state index contributed by atoms with van der Waals surface area (Å²) in [7, 11) is 0. The summed E-state index contributed by atoms with van der Waals surface area (Å²) in [6.07, 6.45) is 1.08. The molecule has 1 unspecified atom stereocenters. The first-order valence-corrected chi connectivity index (χ1v) is 4.37. The minimum Gasteiger partial charge on any atom is -0.392 e. The van der Waals surface area contributed by atoms with Gasteiger partial charge in [0, 0.05) is 12.6 Å². The van der Waals surface area contributed by atoms with Crippen molar-refractivity contribution in [3.63, 3.8) is 0 Å². The van der Waals surface area contributed by atoms with E-state index in [0.29, 0.717) is 12.4 Å². The molecule has 66 valence electrons. The third-order valence-corrected chi connectivity index (χ3v) is 1.65. The SMILES string of the molecule is CC(O)CNc1cc(Br)ncn1. The third kappa shape index (κ3) is 3.15. The van der Waals surface area contributed by atoms with Gasteiger partial charge in [-0.25, -0.2) is 9.97 Å². The molecule has 0 spiro atoms. The van der Waals surface area contributed by atoms with Crippen molar-refractivity contribution in [3.8, 4) is 0 Å². The van der Waals surface area contributed by atoms with E-state index in [1.165, 1.54) is 6.33 Å². The summed E-state index contributed by atoms with van der Waals surface area (Å²) in [4.78, 5) is 7.82. The van der Waals surface area contributed by atoms with Crippen LogP contribution in [0, 0.1) is 0 Å². The lowest BCUT2D eigenvalue weighted by Crippen LogP contribution is -2.15. The molecule has 0 radical (unpaired) electrons. The van der Waals surface area contributed by atoms with E-state index in [0.717, 1.165) is 4.60 Å². The second-order valence-corrected chi connectivity index (χ2v) is 3.27. The van der Waals surface area contributed by atoms with Gasteiger partial charge in [0.2, 0.25) is 0 Å². The Kier molecular flexibility index (Phi) is 3.43. The molecule has 1 atom stereocenters. The number of nitrogens with one attached hydrogen (secondary N) is 1. The first-order valence-electron chi connectivity index (χ1n) is 3.58. The predicted octanol–water partition coefficient (Wildman–Crippen LogP) is 1.03. The van der Waals surface area contributed by atoms with Gasteiger partial charge in [-0.1, -0.05) is 0 Å². The fourth-order valence-electron chi connectivity index (χ4n) is 0.683. The van der Waals surface area contributed by atoms with Crippen LogP contribution >= 0.6 is 15.9 Å². The minimum absolute atomic E-state index is 0.376. The van der Waals surface area contributed by atoms with Gasteiger partial charge in [0.05, 0.1) is 6.10 Å². The van der Waals surface area contributed by atoms with E-state index in [1.54, 1.807) is 13.0 Å². The van der Waals surface area contributed by atoms with Gasteiger partial charge in [0.25, 0.3) is 0 Å². The van der Waals surface area contributed by atoms with E-state index in [2.05, 4.69) is 31.2 Å². The summed E-state index contributed by atoms with van der Waals surface area (Å²) in [6, 6.07) is 1.75. The van der Waals surface area contributed by atoms with Gasteiger partial charge in [-0.3, -0.25) is 0 Å². The summed E-state index contributed by atoms with van der Waals surface area (Å²) in [6.45, 7) is 2.20. The predicted molar refractivity (Wildman–Crippen MR) is 49.9 cm³/mol. The van der Waals surface area contributed by atoms with E-state index in [1.807, 2.05) is 0 Å². The number of aliphatic hydroxyl groups is 1. The van der Waals surface area contributed by atoms with E-state index >= 15 is 0 Å². The summed E-state index contributed by atoms with van der Waals surface area (Å²) < 4.78 is 0.727. The number of aliphatic hydroxyl groups excluding tert-OH is 1. The average molecular weight is 232 g/mol. The average Bonchev–Trinajstić information content (AvgIpc) is 2.01. The van der Waals surface area contributed by atoms with Crippen LogP contribution in [-0.2, 0) is 0 Å². The van der Waals surface area contributed by atoms with E-state index in [4.69, 9.17) is 5.11 Å². The zero-order chi connectivity index (χ0) is 8.97. The molecule has 12 heavy (non-hydrogen) atoms. The van der Waals surface area contributed by atoms with Crippen LogP contribution in [0.15, 0.2) is 17.0 Å². The smallest absolute Gasteiger partial charge is 0.130 e. The van der Waals surface area contributed by atoms with Gasteiger partial charge in [0.15, 0.2) is 0 Å². The highest BCUT2D eigenvalue weighted by Gasteiger charge is 1.97. The second kappa shape index (κ2) is 4.37. The molecule has 4 nitrogen and oxygen atoms in total. The maximum Gasteiger partial charge on any atom is 0.130 e. The maximum atomic E-state index is 8.97. The number of anilines is 1. The highest BCUT2D eigenvalue weighted by molar-refractivity contribution is 9.10. The molecule has 0 amide bonds. The lowest BCUT2D eigenvalue weighted by molar-refractivity contribution is 0.208. The molecule has 5 heteroatoms. The van der Waals surface area contributed by atoms with Gasteiger partial charge < -0.3 is 10.4 Å². The quantitative estimate of drug-likeness (QED) is 0.764. The summed E-state index contributed by atoms with van der Waals surface area (Å²) >= 11 is 3.22. The Balaban J connectivity index is 2.52. The van der Waals surface area contributed by atoms with E-state index in [9.17, 15) is 0 Å². The van der Waals surface area contributed by atoms with Crippen LogP contribution in [0.1, 0.15) is 6.92 Å². The standard InChI is InChI=1S/C7H10BrN3O/c1-5(12)3-9-7-2-6(8)10-4-11-7/h2,4-5,12H,3H2,1H3,(H,9,10,11). The molecule has 0 aliphatic heterocycles. The van der Waals surface area contributed by atoms with Crippen LogP contribution in [0.3, 0.4) is 0 Å². The lowest BCUT2D eigenvalue weighted by Gasteiger charge is -2.06. The molecule has 1 aromatic heterocycles. The minimum atomic E-state index is -0.376. The monoisotopic (exact) mass is 231 g/mol. The molecular formula is C7H10BrN3O. The molecular weight excluding hydrogens is 222 g/mol. The lowest BCUT2D eigenvalue weighted by atomic mass is 10.4. The molecule has 0 aliphatic carbocycles. The maximum absolute atomic E-state index is 8.97. The molecule has 0 bridgehead atoms. The van der Waals surface area contributed by atoms with E-state index in [-0.39, 0.29) is 6.10 Å². The second-order valence-electron chi connectivity index (χ2n) is 2.46. The number of halogens is 1. The number of hydrogen-bond acceptors (Lipinski definition) is 4. The zero-order valence-corrected chi connectivity index (χ0v) is 8.24. The summed E-state index contributed by atoms with van der Waals surface area (Å²) in [5.74, 6) is 0.706. The molecule has 1 aromatic rings. The molecule has 0 fully saturated rings. The Morgan fingerprint density at radius 1 is 1.67 bits per heavy atom. The highest BCUT2D eigenvalue weighted by atomic mass is 79.9. The number of hydrogen-bond donors (Lipinski definition) is 2. The van der Waals surface area contributed by atoms with E-state index < -0.39 is 0 Å². The Labute approximate surface area is 79.2 Å². The van der Waals surface area contributed by atoms with Crippen molar-refractivity contribution in [1.82, 2.24) is 9.97 Å². The first kappa shape index (κ1) is 9.41. The molecule has 1 rings (SSSR count). The van der Waals surface area contributed by atoms with Crippen molar-refractivity contribution in [2.45, 2.75) is 13.0 Å². The fourth-order valence-corrected chi connectivity index (χ4v) is 0.991. The normalized spacial score (nSPS) is 12.6. The van der Waals surface area contributed by atoms with Crippen LogP contribution in [0.25, 0.3) is 0 Å². The van der Waals surface area contributed by atoms with Gasteiger partial charge in [-0.05, 0) is 22.9 Å². The number of aromatic nitrogens is 2. The van der Waals surface area contributed by atoms with Crippen molar-refractivity contribution in [1.29, 1.82) is 0 Å². The Morgan fingerprint density at radius 2 is 2.42 bits per heavy atom. The molecule has 0 aromatic carbocycles. The molecule has 0 saturated carbocycles. The summed E-state index contributed by atoms with van der Waals surface area (Å²) in [5, 5.41) is 11.9. The number of rotatable bonds is 3. The molecule has 2 N–H and O–H groups in total. The van der Waals surface area contributed by atoms with Crippen LogP contribution in [0.2, 0.25) is 0 Å². The highest BCUT2D eigenvalue weighted by Crippen LogP contribution is 2.08. The van der Waals surface area contributed by atoms with Crippen LogP contribution < -0.4 is 5.32 Å². The van der Waals surface area contributed by atoms with Crippen molar-refractivity contribution in [2.24, 2.45) is 0 Å². The topological polar surface area (TPSA) is 58.0 Å². The Bertz CT molecular complexity index is 254. The number of nitrogens with zero attached hydrogens (tertiary/aromatic N) is 2. The Hall–Kier alpha value is -0.680. The third-order valence-electron chi connectivity index (χ3n) is 1.21. The van der Waals surface area contributed by atoms with Gasteiger partial charge >= 0.3 is 0 Å². The van der Waals surface area contributed by atoms with Gasteiger partial charge in [-0.15, -0.1) is 0 Å². The first-order chi connectivity index (χ1) is 5.68. The largest absolute Gasteiger partial charge is 0.392 e. The zero-order valence-electron chi connectivity index (χ0n) is 6.66. The molecule has 0 aliphatic rings. The molecule has 0 saturated heterocycles. The summed E-state index contributed by atoms with van der Waals surface area (Å²) in [5.41, 5.74) is 0. The van der Waals surface area contributed by atoms with Crippen molar-refractivity contribution in [2.75, 3.05) is 11.9 Å². The van der Waals surface area contributed by atoms with Crippen molar-refractivity contribution < 1.29 is 5.11 Å². The fraction of sp³-hybridized carbons (Fsp3) is 0.429. The van der Waals surface area contributed by atoms with Crippen LogP contribution in [-0.4, -0.2) is 27.7 Å².